The van der Waals surface area contributed by atoms with Gasteiger partial charge in [-0.25, -0.2) is 9.59 Å². The number of anilines is 1. The minimum atomic E-state index is -1.87. The number of halogens is 1. The third-order valence-electron chi connectivity index (χ3n) is 11.0. The molecule has 0 aromatic heterocycles. The van der Waals surface area contributed by atoms with E-state index in [9.17, 15) is 34.5 Å². The number of aliphatic hydroxyl groups excluding tert-OH is 2. The number of esters is 1. The molecule has 3 aliphatic rings. The highest BCUT2D eigenvalue weighted by atomic mass is 35.5. The summed E-state index contributed by atoms with van der Waals surface area (Å²) in [4.78, 5) is 56.7. The number of fused-ring (bicyclic) bond motifs is 5. The average Bonchev–Trinajstić information content (AvgIpc) is 3.80. The van der Waals surface area contributed by atoms with E-state index in [0.29, 0.717) is 23.4 Å². The van der Waals surface area contributed by atoms with E-state index in [1.807, 2.05) is 20.8 Å². The van der Waals surface area contributed by atoms with E-state index in [4.69, 9.17) is 25.8 Å². The van der Waals surface area contributed by atoms with Gasteiger partial charge in [-0.15, -0.1) is 0 Å². The van der Waals surface area contributed by atoms with E-state index in [-0.39, 0.29) is 36.3 Å². The van der Waals surface area contributed by atoms with Crippen LogP contribution in [0.2, 0.25) is 5.02 Å². The highest BCUT2D eigenvalue weighted by molar-refractivity contribution is 7.80. The number of likely N-dealkylation sites (N-methyl/N-ethyl adjacent to an activating group) is 1. The molecule has 3 heterocycles. The Kier molecular flexibility index (Phi) is 13.8. The van der Waals surface area contributed by atoms with Gasteiger partial charge in [-0.05, 0) is 50.3 Å². The molecule has 9 atom stereocenters. The van der Waals surface area contributed by atoms with E-state index in [1.54, 1.807) is 58.2 Å². The first-order valence-corrected chi connectivity index (χ1v) is 18.9. The molecule has 2 saturated heterocycles. The molecule has 1 aromatic carbocycles. The lowest BCUT2D eigenvalue weighted by molar-refractivity contribution is -0.162. The standard InChI is InChI=1S/C38H54ClN3O10S/c1-20(2)27(19-53)34(46)41(7)23(5)35(47)51-30-15-31(45)42(8)28-14-24(13-25(17-43)32(28)39)12-21(3)10-9-11-26(18-44)38(49)16-29(50-36(48)40-38)22(4)33-37(30,6)52-33/h9-11,13-14,20,22-23,26-27,29-30,33,43-44,49,53H,12,15-19H2,1-8H3,(H,40,48)/b11-9+,21-10+/t22-,23-,26+,27?,29+,30+,33+,37+,38+/m1/s1. The summed E-state index contributed by atoms with van der Waals surface area (Å²) in [5.74, 6) is -3.12. The molecule has 0 spiro atoms. The van der Waals surface area contributed by atoms with Gasteiger partial charge in [0, 0.05) is 44.0 Å². The molecule has 4 bridgehead atoms. The van der Waals surface area contributed by atoms with Crippen molar-refractivity contribution >= 4 is 53.8 Å². The molecule has 13 nitrogen and oxygen atoms in total. The van der Waals surface area contributed by atoms with Crippen molar-refractivity contribution in [1.82, 2.24) is 10.2 Å². The molecule has 294 valence electrons. The van der Waals surface area contributed by atoms with E-state index >= 15 is 0 Å². The molecule has 3 amide bonds. The minimum Gasteiger partial charge on any atom is -0.457 e. The van der Waals surface area contributed by atoms with Gasteiger partial charge in [-0.2, -0.15) is 12.6 Å². The number of benzene rings is 1. The summed E-state index contributed by atoms with van der Waals surface area (Å²) in [5, 5.41) is 34.8. The van der Waals surface area contributed by atoms with Gasteiger partial charge in [-0.3, -0.25) is 14.9 Å². The number of aliphatic hydroxyl groups is 3. The number of allylic oxidation sites excluding steroid dienone is 3. The number of rotatable bonds is 8. The second-order valence-electron chi connectivity index (χ2n) is 15.1. The van der Waals surface area contributed by atoms with Crippen LogP contribution in [-0.4, -0.2) is 106 Å². The zero-order valence-electron chi connectivity index (χ0n) is 31.7. The summed E-state index contributed by atoms with van der Waals surface area (Å²) in [6.07, 6.45) is 1.43. The second kappa shape index (κ2) is 17.1. The Hall–Kier alpha value is -3.14. The number of nitrogens with one attached hydrogen (secondary N) is 1. The van der Waals surface area contributed by atoms with E-state index < -0.39 is 78.0 Å². The van der Waals surface area contributed by atoms with Gasteiger partial charge < -0.3 is 39.3 Å². The number of thiol groups is 1. The maximum Gasteiger partial charge on any atom is 0.409 e. The largest absolute Gasteiger partial charge is 0.457 e. The third kappa shape index (κ3) is 9.22. The zero-order valence-corrected chi connectivity index (χ0v) is 33.3. The van der Waals surface area contributed by atoms with Crippen LogP contribution in [0.5, 0.6) is 0 Å². The van der Waals surface area contributed by atoms with Crippen molar-refractivity contribution < 1.29 is 48.7 Å². The smallest absolute Gasteiger partial charge is 0.409 e. The van der Waals surface area contributed by atoms with Gasteiger partial charge in [-0.1, -0.05) is 62.2 Å². The van der Waals surface area contributed by atoms with Gasteiger partial charge >= 0.3 is 12.1 Å². The highest BCUT2D eigenvalue weighted by Crippen LogP contribution is 2.49. The first-order valence-electron chi connectivity index (χ1n) is 17.9. The first kappa shape index (κ1) is 42.6. The van der Waals surface area contributed by atoms with Crippen molar-refractivity contribution in [2.24, 2.45) is 23.7 Å². The van der Waals surface area contributed by atoms with Crippen LogP contribution in [0.25, 0.3) is 0 Å². The van der Waals surface area contributed by atoms with Crippen molar-refractivity contribution in [3.05, 3.63) is 52.1 Å². The second-order valence-corrected chi connectivity index (χ2v) is 15.9. The fourth-order valence-corrected chi connectivity index (χ4v) is 7.99. The first-order chi connectivity index (χ1) is 24.8. The number of ether oxygens (including phenoxy) is 3. The van der Waals surface area contributed by atoms with Crippen LogP contribution in [-0.2, 0) is 41.6 Å². The van der Waals surface area contributed by atoms with Crippen LogP contribution in [0.4, 0.5) is 10.5 Å². The van der Waals surface area contributed by atoms with Gasteiger partial charge in [0.1, 0.15) is 23.9 Å². The molecule has 1 aromatic rings. The number of hydrogen-bond acceptors (Lipinski definition) is 11. The quantitative estimate of drug-likeness (QED) is 0.148. The van der Waals surface area contributed by atoms with Crippen molar-refractivity contribution in [2.75, 3.05) is 31.4 Å². The van der Waals surface area contributed by atoms with Crippen LogP contribution in [0.15, 0.2) is 35.9 Å². The van der Waals surface area contributed by atoms with Crippen molar-refractivity contribution in [3.8, 4) is 0 Å². The number of epoxide rings is 1. The molecule has 2 fully saturated rings. The summed E-state index contributed by atoms with van der Waals surface area (Å²) in [7, 11) is 3.06. The summed E-state index contributed by atoms with van der Waals surface area (Å²) in [5.41, 5.74) is -0.737. The number of carbonyl (C=O) groups excluding carboxylic acids is 4. The summed E-state index contributed by atoms with van der Waals surface area (Å²) in [6, 6.07) is 2.47. The van der Waals surface area contributed by atoms with Gasteiger partial charge in [0.2, 0.25) is 11.8 Å². The van der Waals surface area contributed by atoms with Crippen molar-refractivity contribution in [1.29, 1.82) is 0 Å². The molecular formula is C38H54ClN3O10S. The molecule has 0 saturated carbocycles. The third-order valence-corrected chi connectivity index (χ3v) is 11.8. The van der Waals surface area contributed by atoms with E-state index in [0.717, 1.165) is 11.1 Å². The SMILES string of the molecule is C/C1=C\C=C\[C@@H](CO)[C@@]2(O)C[C@H](OC(=O)N2)[C@@H](C)[C@@H]2O[C@@]2(C)[C@@H](OC(=O)[C@@H](C)N(C)C(=O)C(CS)C(C)C)CC(=O)N(C)c2cc(cc(CO)c2Cl)C1. The Bertz CT molecular complexity index is 1620. The molecule has 15 heteroatoms. The lowest BCUT2D eigenvalue weighted by Gasteiger charge is -2.42. The molecule has 0 radical (unpaired) electrons. The van der Waals surface area contributed by atoms with Gasteiger partial charge in [0.15, 0.2) is 5.72 Å². The maximum absolute atomic E-state index is 14.1. The molecule has 0 aliphatic carbocycles. The molecule has 1 unspecified atom stereocenters. The monoisotopic (exact) mass is 779 g/mol. The lowest BCUT2D eigenvalue weighted by atomic mass is 9.81. The van der Waals surface area contributed by atoms with E-state index in [1.165, 1.54) is 16.8 Å². The average molecular weight is 780 g/mol. The number of alkyl carbamates (subject to hydrolysis) is 1. The summed E-state index contributed by atoms with van der Waals surface area (Å²) >= 11 is 11.1. The number of nitrogens with zero attached hydrogens (tertiary/aromatic N) is 2. The predicted octanol–water partition coefficient (Wildman–Crippen LogP) is 3.79. The number of amides is 3. The van der Waals surface area contributed by atoms with Gasteiger partial charge in [0.25, 0.3) is 0 Å². The van der Waals surface area contributed by atoms with Crippen molar-refractivity contribution in [2.45, 2.75) is 103 Å². The van der Waals surface area contributed by atoms with Gasteiger partial charge in [0.05, 0.1) is 36.4 Å². The Morgan fingerprint density at radius 2 is 1.91 bits per heavy atom. The lowest BCUT2D eigenvalue weighted by Crippen LogP contribution is -2.62. The summed E-state index contributed by atoms with van der Waals surface area (Å²) < 4.78 is 18.0. The number of hydrogen-bond donors (Lipinski definition) is 5. The zero-order chi connectivity index (χ0) is 39.6. The Balaban J connectivity index is 1.77. The van der Waals surface area contributed by atoms with Crippen LogP contribution >= 0.6 is 24.2 Å². The fourth-order valence-electron chi connectivity index (χ4n) is 7.12. The van der Waals surface area contributed by atoms with Crippen LogP contribution in [0, 0.1) is 23.7 Å². The summed E-state index contributed by atoms with van der Waals surface area (Å²) in [6.45, 7) is 9.83. The Labute approximate surface area is 322 Å². The molecule has 53 heavy (non-hydrogen) atoms. The highest BCUT2D eigenvalue weighted by Gasteiger charge is 2.64. The van der Waals surface area contributed by atoms with Crippen LogP contribution < -0.4 is 10.2 Å². The Morgan fingerprint density at radius 3 is 2.51 bits per heavy atom. The predicted molar refractivity (Wildman–Crippen MR) is 202 cm³/mol. The van der Waals surface area contributed by atoms with E-state index in [2.05, 4.69) is 17.9 Å². The molecular weight excluding hydrogens is 726 g/mol. The normalized spacial score (nSPS) is 32.0. The van der Waals surface area contributed by atoms with Crippen LogP contribution in [0.3, 0.4) is 0 Å². The molecule has 4 rings (SSSR count). The maximum atomic E-state index is 14.1. The van der Waals surface area contributed by atoms with Crippen molar-refractivity contribution in [3.63, 3.8) is 0 Å². The minimum absolute atomic E-state index is 0.0203. The molecule has 4 N–H and O–H groups in total. The van der Waals surface area contributed by atoms with Crippen LogP contribution in [0.1, 0.15) is 65.5 Å². The number of carbonyl (C=O) groups is 4. The molecule has 3 aliphatic heterocycles. The topological polar surface area (TPSA) is 178 Å². The fraction of sp³-hybridized carbons (Fsp3) is 0.632. The Morgan fingerprint density at radius 1 is 1.23 bits per heavy atom.